The van der Waals surface area contributed by atoms with E-state index in [1.54, 1.807) is 20.8 Å². The molecule has 39 heavy (non-hydrogen) atoms. The maximum absolute atomic E-state index is 13.8. The maximum Gasteiger partial charge on any atom is 0.410 e. The lowest BCUT2D eigenvalue weighted by Crippen LogP contribution is -2.51. The van der Waals surface area contributed by atoms with Crippen molar-refractivity contribution >= 4 is 38.8 Å². The van der Waals surface area contributed by atoms with Crippen LogP contribution in [0, 0.1) is 11.6 Å². The molecule has 2 aromatic carbocycles. The number of rotatable bonds is 5. The van der Waals surface area contributed by atoms with Gasteiger partial charge in [0.2, 0.25) is 5.91 Å². The molecule has 204 valence electrons. The third-order valence-corrected chi connectivity index (χ3v) is 6.98. The van der Waals surface area contributed by atoms with Crippen molar-refractivity contribution in [3.63, 3.8) is 0 Å². The predicted octanol–water partition coefficient (Wildman–Crippen LogP) is 5.12. The molecule has 0 aliphatic carbocycles. The van der Waals surface area contributed by atoms with Crippen LogP contribution in [0.25, 0.3) is 22.2 Å². The van der Waals surface area contributed by atoms with Crippen LogP contribution in [-0.4, -0.2) is 55.6 Å². The van der Waals surface area contributed by atoms with Crippen LogP contribution in [0.3, 0.4) is 0 Å². The number of carbonyl (C=O) groups excluding carboxylic acids is 2. The van der Waals surface area contributed by atoms with Gasteiger partial charge < -0.3 is 19.9 Å². The Labute approximate surface area is 231 Å². The van der Waals surface area contributed by atoms with Gasteiger partial charge in [-0.05, 0) is 57.2 Å². The number of amides is 2. The molecule has 1 aliphatic heterocycles. The highest BCUT2D eigenvalue weighted by Gasteiger charge is 2.49. The smallest absolute Gasteiger partial charge is 0.410 e. The summed E-state index contributed by atoms with van der Waals surface area (Å²) in [6.07, 6.45) is 1.15. The summed E-state index contributed by atoms with van der Waals surface area (Å²) < 4.78 is 35.5. The number of ether oxygens (including phenoxy) is 1. The second-order valence-corrected chi connectivity index (χ2v) is 11.5. The molecule has 1 fully saturated rings. The van der Waals surface area contributed by atoms with Crippen LogP contribution in [0.15, 0.2) is 53.1 Å². The molecule has 9 nitrogen and oxygen atoms in total. The van der Waals surface area contributed by atoms with E-state index in [-0.39, 0.29) is 43.2 Å². The fourth-order valence-electron chi connectivity index (χ4n) is 4.66. The van der Waals surface area contributed by atoms with Crippen molar-refractivity contribution < 1.29 is 23.1 Å². The minimum atomic E-state index is -1.32. The number of nitrogens with one attached hydrogen (secondary N) is 2. The lowest BCUT2D eigenvalue weighted by atomic mass is 9.97. The summed E-state index contributed by atoms with van der Waals surface area (Å²) in [4.78, 5) is 31.4. The van der Waals surface area contributed by atoms with Crippen LogP contribution in [0.4, 0.5) is 13.6 Å². The van der Waals surface area contributed by atoms with Crippen molar-refractivity contribution in [2.75, 3.05) is 13.1 Å². The molecule has 5 rings (SSSR count). The molecule has 2 N–H and O–H groups in total. The molecule has 0 saturated carbocycles. The Morgan fingerprint density at radius 2 is 1.90 bits per heavy atom. The minimum Gasteiger partial charge on any atom is -0.444 e. The summed E-state index contributed by atoms with van der Waals surface area (Å²) in [5.41, 5.74) is 0.0682. The molecule has 3 heterocycles. The Balaban J connectivity index is 1.43. The fourth-order valence-corrected chi connectivity index (χ4v) is 5.04. The topological polar surface area (TPSA) is 105 Å². The first-order valence-corrected chi connectivity index (χ1v) is 13.1. The Kier molecular flexibility index (Phi) is 6.91. The van der Waals surface area contributed by atoms with Gasteiger partial charge in [-0.25, -0.2) is 18.3 Å². The van der Waals surface area contributed by atoms with Gasteiger partial charge >= 0.3 is 6.09 Å². The highest BCUT2D eigenvalue weighted by molar-refractivity contribution is 9.10. The molecule has 12 heteroatoms. The van der Waals surface area contributed by atoms with E-state index in [1.165, 1.54) is 15.8 Å². The molecule has 1 aliphatic rings. The molecule has 0 spiro atoms. The van der Waals surface area contributed by atoms with Gasteiger partial charge in [-0.15, -0.1) is 5.10 Å². The largest absolute Gasteiger partial charge is 0.444 e. The van der Waals surface area contributed by atoms with E-state index < -0.39 is 28.9 Å². The number of fused-ring (bicyclic) bond motifs is 1. The van der Waals surface area contributed by atoms with E-state index in [9.17, 15) is 18.4 Å². The molecular formula is C27H27BrF2N6O3. The molecule has 1 unspecified atom stereocenters. The summed E-state index contributed by atoms with van der Waals surface area (Å²) in [7, 11) is 0. The number of nitrogens with zero attached hydrogens (tertiary/aromatic N) is 4. The zero-order valence-corrected chi connectivity index (χ0v) is 23.2. The van der Waals surface area contributed by atoms with E-state index in [1.807, 2.05) is 24.3 Å². The standard InChI is InChI=1S/C27H27BrF2N6O3/c1-26(2,3)39-25(38)35-7-6-27(15-35,36-14-23(33-34-36)17-9-19(29)12-20(30)10-17)24(37)31-13-21-11-16-8-18(28)4-5-22(16)32-21/h4-5,8-12,14,32H,6-7,13,15H2,1-3H3,(H,31,37). The predicted molar refractivity (Wildman–Crippen MR) is 144 cm³/mol. The molecule has 0 bridgehead atoms. The van der Waals surface area contributed by atoms with E-state index in [0.29, 0.717) is 0 Å². The Hall–Kier alpha value is -3.80. The summed E-state index contributed by atoms with van der Waals surface area (Å²) in [6.45, 7) is 5.72. The molecule has 2 amide bonds. The highest BCUT2D eigenvalue weighted by atomic mass is 79.9. The van der Waals surface area contributed by atoms with E-state index in [4.69, 9.17) is 4.74 Å². The SMILES string of the molecule is CC(C)(C)OC(=O)N1CCC(C(=O)NCc2cc3cc(Br)ccc3[nH]2)(n2cc(-c3cc(F)cc(F)c3)nn2)C1. The lowest BCUT2D eigenvalue weighted by Gasteiger charge is -2.29. The number of aromatic nitrogens is 4. The van der Waals surface area contributed by atoms with E-state index >= 15 is 0 Å². The van der Waals surface area contributed by atoms with Crippen molar-refractivity contribution in [2.45, 2.75) is 44.9 Å². The number of likely N-dealkylation sites (tertiary alicyclic amines) is 1. The number of halogens is 3. The number of aromatic amines is 1. The first kappa shape index (κ1) is 26.8. The van der Waals surface area contributed by atoms with Gasteiger partial charge in [0, 0.05) is 45.7 Å². The first-order chi connectivity index (χ1) is 18.4. The average Bonchev–Trinajstić information content (AvgIpc) is 3.59. The number of carbonyl (C=O) groups is 2. The van der Waals surface area contributed by atoms with Crippen molar-refractivity contribution in [1.82, 2.24) is 30.2 Å². The van der Waals surface area contributed by atoms with Gasteiger partial charge in [-0.2, -0.15) is 0 Å². The Morgan fingerprint density at radius 1 is 1.15 bits per heavy atom. The molecule has 2 aromatic heterocycles. The van der Waals surface area contributed by atoms with Gasteiger partial charge in [0.1, 0.15) is 22.9 Å². The Bertz CT molecular complexity index is 1540. The number of hydrogen-bond donors (Lipinski definition) is 2. The number of H-pyrrole nitrogens is 1. The van der Waals surface area contributed by atoms with Crippen LogP contribution in [0.1, 0.15) is 32.9 Å². The van der Waals surface area contributed by atoms with Gasteiger partial charge in [0.05, 0.1) is 19.3 Å². The molecule has 4 aromatic rings. The molecule has 0 radical (unpaired) electrons. The third-order valence-electron chi connectivity index (χ3n) is 6.49. The van der Waals surface area contributed by atoms with Crippen LogP contribution in [-0.2, 0) is 21.6 Å². The zero-order valence-electron chi connectivity index (χ0n) is 21.6. The van der Waals surface area contributed by atoms with Crippen molar-refractivity contribution in [2.24, 2.45) is 0 Å². The van der Waals surface area contributed by atoms with Crippen molar-refractivity contribution in [3.05, 3.63) is 70.5 Å². The summed E-state index contributed by atoms with van der Waals surface area (Å²) in [6, 6.07) is 10.8. The first-order valence-electron chi connectivity index (χ1n) is 12.3. The fraction of sp³-hybridized carbons (Fsp3) is 0.333. The average molecular weight is 601 g/mol. The molecule has 1 saturated heterocycles. The second kappa shape index (κ2) is 10.1. The summed E-state index contributed by atoms with van der Waals surface area (Å²) in [5.74, 6) is -1.89. The van der Waals surface area contributed by atoms with Gasteiger partial charge in [0.15, 0.2) is 5.54 Å². The van der Waals surface area contributed by atoms with Crippen molar-refractivity contribution in [1.29, 1.82) is 0 Å². The quantitative estimate of drug-likeness (QED) is 0.331. The van der Waals surface area contributed by atoms with Gasteiger partial charge in [0.25, 0.3) is 0 Å². The third kappa shape index (κ3) is 5.65. The molecular weight excluding hydrogens is 574 g/mol. The van der Waals surface area contributed by atoms with Crippen molar-refractivity contribution in [3.8, 4) is 11.3 Å². The van der Waals surface area contributed by atoms with E-state index in [2.05, 4.69) is 36.5 Å². The number of hydrogen-bond acceptors (Lipinski definition) is 5. The van der Waals surface area contributed by atoms with Crippen LogP contribution in [0.5, 0.6) is 0 Å². The summed E-state index contributed by atoms with van der Waals surface area (Å²) in [5, 5.41) is 12.2. The van der Waals surface area contributed by atoms with Crippen LogP contribution in [0.2, 0.25) is 0 Å². The Morgan fingerprint density at radius 3 is 2.62 bits per heavy atom. The number of benzene rings is 2. The maximum atomic E-state index is 13.8. The molecule has 1 atom stereocenters. The summed E-state index contributed by atoms with van der Waals surface area (Å²) >= 11 is 3.46. The monoisotopic (exact) mass is 600 g/mol. The van der Waals surface area contributed by atoms with E-state index in [0.717, 1.165) is 39.3 Å². The van der Waals surface area contributed by atoms with Crippen LogP contribution >= 0.6 is 15.9 Å². The van der Waals surface area contributed by atoms with Gasteiger partial charge in [-0.1, -0.05) is 21.1 Å². The lowest BCUT2D eigenvalue weighted by molar-refractivity contribution is -0.130. The normalized spacial score (nSPS) is 17.5. The second-order valence-electron chi connectivity index (χ2n) is 10.6. The minimum absolute atomic E-state index is 0.0201. The van der Waals surface area contributed by atoms with Crippen LogP contribution < -0.4 is 5.32 Å². The zero-order chi connectivity index (χ0) is 27.9. The van der Waals surface area contributed by atoms with Gasteiger partial charge in [-0.3, -0.25) is 4.79 Å². The highest BCUT2D eigenvalue weighted by Crippen LogP contribution is 2.32.